The van der Waals surface area contributed by atoms with Crippen LogP contribution in [-0.4, -0.2) is 18.9 Å². The second-order valence-corrected chi connectivity index (χ2v) is 4.90. The van der Waals surface area contributed by atoms with Crippen LogP contribution in [0.4, 0.5) is 0 Å². The van der Waals surface area contributed by atoms with E-state index < -0.39 is 0 Å². The van der Waals surface area contributed by atoms with Crippen molar-refractivity contribution in [3.8, 4) is 5.75 Å². The van der Waals surface area contributed by atoms with Crippen molar-refractivity contribution < 1.29 is 9.53 Å². The van der Waals surface area contributed by atoms with Crippen LogP contribution in [0.15, 0.2) is 24.3 Å². The van der Waals surface area contributed by atoms with Gasteiger partial charge in [-0.15, -0.1) is 0 Å². The van der Waals surface area contributed by atoms with Crippen LogP contribution in [0.1, 0.15) is 43.5 Å². The quantitative estimate of drug-likeness (QED) is 0.756. The number of nitrogens with two attached hydrogens (primary N) is 1. The minimum absolute atomic E-state index is 0.0529. The van der Waals surface area contributed by atoms with Crippen molar-refractivity contribution in [2.75, 3.05) is 7.11 Å². The molecular formula is C15H23NO2. The molecular weight excluding hydrogens is 226 g/mol. The predicted molar refractivity (Wildman–Crippen MR) is 74.0 cm³/mol. The van der Waals surface area contributed by atoms with Crippen molar-refractivity contribution in [3.05, 3.63) is 29.8 Å². The average Bonchev–Trinajstić information content (AvgIpc) is 2.37. The molecule has 3 heteroatoms. The lowest BCUT2D eigenvalue weighted by Gasteiger charge is -2.11. The van der Waals surface area contributed by atoms with Crippen LogP contribution in [0.3, 0.4) is 0 Å². The van der Waals surface area contributed by atoms with Crippen LogP contribution in [0.5, 0.6) is 5.75 Å². The molecule has 2 N–H and O–H groups in total. The van der Waals surface area contributed by atoms with E-state index in [-0.39, 0.29) is 17.7 Å². The fourth-order valence-electron chi connectivity index (χ4n) is 1.92. The summed E-state index contributed by atoms with van der Waals surface area (Å²) in [6, 6.07) is 7.50. The number of Topliss-reactive ketones (excluding diaryl/α,β-unsaturated/α-hetero) is 1. The van der Waals surface area contributed by atoms with Gasteiger partial charge in [0.05, 0.1) is 7.11 Å². The van der Waals surface area contributed by atoms with E-state index in [0.29, 0.717) is 0 Å². The maximum Gasteiger partial charge on any atom is 0.165 e. The molecule has 0 amide bonds. The third kappa shape index (κ3) is 4.49. The Labute approximate surface area is 109 Å². The number of ketones is 1. The number of carbonyl (C=O) groups excluding carboxylic acids is 1. The molecule has 0 aliphatic heterocycles. The molecule has 0 aliphatic carbocycles. The summed E-state index contributed by atoms with van der Waals surface area (Å²) in [6.45, 7) is 3.98. The molecule has 1 aromatic carbocycles. The number of ether oxygens (including phenoxy) is 1. The monoisotopic (exact) mass is 249 g/mol. The van der Waals surface area contributed by atoms with Crippen LogP contribution >= 0.6 is 0 Å². The van der Waals surface area contributed by atoms with Crippen molar-refractivity contribution in [3.63, 3.8) is 0 Å². The third-order valence-electron chi connectivity index (χ3n) is 3.12. The van der Waals surface area contributed by atoms with Crippen LogP contribution in [0.2, 0.25) is 0 Å². The normalized spacial score (nSPS) is 14.0. The maximum absolute atomic E-state index is 12.1. The molecule has 0 heterocycles. The molecule has 0 aromatic heterocycles. The summed E-state index contributed by atoms with van der Waals surface area (Å²) in [5.41, 5.74) is 6.45. The Morgan fingerprint density at radius 2 is 1.83 bits per heavy atom. The zero-order valence-electron chi connectivity index (χ0n) is 11.5. The van der Waals surface area contributed by atoms with Crippen molar-refractivity contribution in [2.24, 2.45) is 11.7 Å². The number of hydrogen-bond donors (Lipinski definition) is 1. The largest absolute Gasteiger partial charge is 0.497 e. The van der Waals surface area contributed by atoms with Gasteiger partial charge in [-0.3, -0.25) is 4.79 Å². The predicted octanol–water partition coefficient (Wildman–Crippen LogP) is 3.03. The Morgan fingerprint density at radius 3 is 2.33 bits per heavy atom. The minimum atomic E-state index is 0.0529. The Bertz CT molecular complexity index is 371. The first-order valence-corrected chi connectivity index (χ1v) is 6.48. The molecule has 100 valence electrons. The van der Waals surface area contributed by atoms with Gasteiger partial charge in [-0.2, -0.15) is 0 Å². The van der Waals surface area contributed by atoms with Crippen LogP contribution < -0.4 is 10.5 Å². The van der Waals surface area contributed by atoms with Crippen LogP contribution in [-0.2, 0) is 0 Å². The Morgan fingerprint density at radius 1 is 1.22 bits per heavy atom. The molecule has 1 rings (SSSR count). The SMILES string of the molecule is COc1ccc(C(=O)C(C)CCCC(C)N)cc1. The lowest BCUT2D eigenvalue weighted by molar-refractivity contribution is 0.0922. The first-order valence-electron chi connectivity index (χ1n) is 6.48. The molecule has 0 bridgehead atoms. The van der Waals surface area contributed by atoms with Crippen molar-refractivity contribution in [1.29, 1.82) is 0 Å². The molecule has 2 atom stereocenters. The van der Waals surface area contributed by atoms with Gasteiger partial charge in [0.15, 0.2) is 5.78 Å². The summed E-state index contributed by atoms with van der Waals surface area (Å²) >= 11 is 0. The van der Waals surface area contributed by atoms with Gasteiger partial charge in [0.1, 0.15) is 5.75 Å². The molecule has 0 saturated heterocycles. The first-order chi connectivity index (χ1) is 8.54. The number of benzene rings is 1. The summed E-state index contributed by atoms with van der Waals surface area (Å²) < 4.78 is 5.08. The van der Waals surface area contributed by atoms with Crippen molar-refractivity contribution in [2.45, 2.75) is 39.2 Å². The van der Waals surface area contributed by atoms with E-state index in [2.05, 4.69) is 0 Å². The summed E-state index contributed by atoms with van der Waals surface area (Å²) in [5.74, 6) is 1.02. The van der Waals surface area contributed by atoms with E-state index in [9.17, 15) is 4.79 Å². The van der Waals surface area contributed by atoms with E-state index in [1.54, 1.807) is 7.11 Å². The fraction of sp³-hybridized carbons (Fsp3) is 0.533. The smallest absolute Gasteiger partial charge is 0.165 e. The number of carbonyl (C=O) groups is 1. The standard InChI is InChI=1S/C15H23NO2/c1-11(5-4-6-12(2)16)15(17)13-7-9-14(18-3)10-8-13/h7-12H,4-6,16H2,1-3H3. The highest BCUT2D eigenvalue weighted by Crippen LogP contribution is 2.18. The highest BCUT2D eigenvalue weighted by molar-refractivity contribution is 5.97. The summed E-state index contributed by atoms with van der Waals surface area (Å²) in [5, 5.41) is 0. The second kappa shape index (κ2) is 7.17. The van der Waals surface area contributed by atoms with E-state index in [1.165, 1.54) is 0 Å². The molecule has 1 aromatic rings. The molecule has 0 radical (unpaired) electrons. The Hall–Kier alpha value is -1.35. The lowest BCUT2D eigenvalue weighted by Crippen LogP contribution is -2.16. The zero-order chi connectivity index (χ0) is 13.5. The van der Waals surface area contributed by atoms with Gasteiger partial charge in [0.25, 0.3) is 0 Å². The Balaban J connectivity index is 2.51. The molecule has 0 fully saturated rings. The zero-order valence-corrected chi connectivity index (χ0v) is 11.5. The van der Waals surface area contributed by atoms with Crippen molar-refractivity contribution in [1.82, 2.24) is 0 Å². The first kappa shape index (κ1) is 14.7. The highest BCUT2D eigenvalue weighted by Gasteiger charge is 2.14. The van der Waals surface area contributed by atoms with Gasteiger partial charge < -0.3 is 10.5 Å². The topological polar surface area (TPSA) is 52.3 Å². The molecule has 0 spiro atoms. The number of hydrogen-bond acceptors (Lipinski definition) is 3. The Kier molecular flexibility index (Phi) is 5.86. The van der Waals surface area contributed by atoms with E-state index in [4.69, 9.17) is 10.5 Å². The molecule has 18 heavy (non-hydrogen) atoms. The number of rotatable bonds is 7. The van der Waals surface area contributed by atoms with Gasteiger partial charge in [-0.1, -0.05) is 13.3 Å². The molecule has 2 unspecified atom stereocenters. The minimum Gasteiger partial charge on any atom is -0.497 e. The highest BCUT2D eigenvalue weighted by atomic mass is 16.5. The van der Waals surface area contributed by atoms with E-state index in [1.807, 2.05) is 38.1 Å². The maximum atomic E-state index is 12.1. The van der Waals surface area contributed by atoms with E-state index in [0.717, 1.165) is 30.6 Å². The molecule has 0 saturated carbocycles. The third-order valence-corrected chi connectivity index (χ3v) is 3.12. The summed E-state index contributed by atoms with van der Waals surface area (Å²) in [4.78, 5) is 12.1. The second-order valence-electron chi connectivity index (χ2n) is 4.90. The van der Waals surface area contributed by atoms with Crippen molar-refractivity contribution >= 4 is 5.78 Å². The fourth-order valence-corrected chi connectivity index (χ4v) is 1.92. The van der Waals surface area contributed by atoms with Crippen LogP contribution in [0, 0.1) is 5.92 Å². The van der Waals surface area contributed by atoms with Gasteiger partial charge in [0, 0.05) is 17.5 Å². The van der Waals surface area contributed by atoms with Gasteiger partial charge in [-0.25, -0.2) is 0 Å². The lowest BCUT2D eigenvalue weighted by atomic mass is 9.93. The average molecular weight is 249 g/mol. The molecule has 3 nitrogen and oxygen atoms in total. The van der Waals surface area contributed by atoms with E-state index >= 15 is 0 Å². The molecule has 0 aliphatic rings. The number of methoxy groups -OCH3 is 1. The summed E-state index contributed by atoms with van der Waals surface area (Å²) in [6.07, 6.45) is 2.87. The van der Waals surface area contributed by atoms with Gasteiger partial charge in [0.2, 0.25) is 0 Å². The van der Waals surface area contributed by atoms with Gasteiger partial charge in [-0.05, 0) is 44.0 Å². The summed E-state index contributed by atoms with van der Waals surface area (Å²) in [7, 11) is 1.62. The van der Waals surface area contributed by atoms with Gasteiger partial charge >= 0.3 is 0 Å². The van der Waals surface area contributed by atoms with Crippen LogP contribution in [0.25, 0.3) is 0 Å².